The van der Waals surface area contributed by atoms with Crippen LogP contribution in [0.3, 0.4) is 0 Å². The maximum atomic E-state index is 10.7. The minimum atomic E-state index is -3.87. The molecule has 65 valence electrons. The first-order chi connectivity index (χ1) is 5.54. The average Bonchev–Trinajstić information content (AvgIpc) is 2.03. The van der Waals surface area contributed by atoms with Gasteiger partial charge in [0.25, 0.3) is 10.0 Å². The van der Waals surface area contributed by atoms with Crippen LogP contribution in [0.5, 0.6) is 5.75 Å². The lowest BCUT2D eigenvalue weighted by Crippen LogP contribution is -2.00. The van der Waals surface area contributed by atoms with E-state index in [0.29, 0.717) is 5.75 Å². The Morgan fingerprint density at radius 1 is 1.42 bits per heavy atom. The fourth-order valence-electron chi connectivity index (χ4n) is 0.768. The van der Waals surface area contributed by atoms with Gasteiger partial charge in [-0.15, -0.1) is 5.14 Å². The van der Waals surface area contributed by atoms with Gasteiger partial charge in [-0.05, 0) is 12.1 Å². The molecule has 0 aromatic heterocycles. The second kappa shape index (κ2) is 3.12. The van der Waals surface area contributed by atoms with Gasteiger partial charge in [0, 0.05) is 6.07 Å². The normalized spacial score (nSPS) is 11.2. The Morgan fingerprint density at radius 2 is 2.08 bits per heavy atom. The lowest BCUT2D eigenvalue weighted by Gasteiger charge is -2.00. The van der Waals surface area contributed by atoms with Crippen LogP contribution in [0.1, 0.15) is 0 Å². The minimum absolute atomic E-state index is 0.0538. The highest BCUT2D eigenvalue weighted by Crippen LogP contribution is 2.15. The molecule has 0 heterocycles. The zero-order chi connectivity index (χ0) is 9.19. The molecule has 0 atom stereocenters. The summed E-state index contributed by atoms with van der Waals surface area (Å²) >= 11 is 0. The molecule has 0 spiro atoms. The highest BCUT2D eigenvalue weighted by atomic mass is 32.2. The van der Waals surface area contributed by atoms with E-state index in [1.807, 2.05) is 0 Å². The van der Waals surface area contributed by atoms with Crippen molar-refractivity contribution in [2.24, 2.45) is 0 Å². The van der Waals surface area contributed by atoms with E-state index < -0.39 is 10.0 Å². The molecule has 0 saturated heterocycles. The van der Waals surface area contributed by atoms with E-state index in [1.54, 1.807) is 6.07 Å². The predicted octanol–water partition coefficient (Wildman–Crippen LogP) is 0.667. The summed E-state index contributed by atoms with van der Waals surface area (Å²) in [6.45, 7) is 0. The number of sulfonamides is 1. The van der Waals surface area contributed by atoms with E-state index in [4.69, 9.17) is 9.88 Å². The van der Waals surface area contributed by atoms with Crippen LogP contribution in [0, 0.1) is 0 Å². The van der Waals surface area contributed by atoms with Gasteiger partial charge in [-0.3, -0.25) is 0 Å². The summed E-state index contributed by atoms with van der Waals surface area (Å²) in [5.41, 5.74) is 0. The molecule has 0 saturated carbocycles. The monoisotopic (exact) mass is 186 g/mol. The molecular formula is C7H8NO3S. The van der Waals surface area contributed by atoms with Crippen LogP contribution in [0.25, 0.3) is 0 Å². The van der Waals surface area contributed by atoms with Gasteiger partial charge in [0.05, 0.1) is 12.0 Å². The van der Waals surface area contributed by atoms with Crippen molar-refractivity contribution < 1.29 is 13.2 Å². The summed E-state index contributed by atoms with van der Waals surface area (Å²) in [6, 6.07) is 5.81. The maximum absolute atomic E-state index is 10.7. The third kappa shape index (κ3) is 1.96. The minimum Gasteiger partial charge on any atom is -0.497 e. The predicted molar refractivity (Wildman–Crippen MR) is 43.3 cm³/mol. The first-order valence-electron chi connectivity index (χ1n) is 3.18. The second-order valence-corrected chi connectivity index (χ2v) is 3.66. The Hall–Kier alpha value is -1.07. The zero-order valence-electron chi connectivity index (χ0n) is 6.44. The number of nitrogens with one attached hydrogen (secondary N) is 1. The van der Waals surface area contributed by atoms with E-state index in [1.165, 1.54) is 25.3 Å². The molecule has 0 aliphatic carbocycles. The van der Waals surface area contributed by atoms with E-state index in [2.05, 4.69) is 0 Å². The molecule has 0 aliphatic rings. The Kier molecular flexibility index (Phi) is 2.35. The van der Waals surface area contributed by atoms with E-state index in [0.717, 1.165) is 0 Å². The van der Waals surface area contributed by atoms with Crippen molar-refractivity contribution in [2.75, 3.05) is 7.11 Å². The molecule has 12 heavy (non-hydrogen) atoms. The largest absolute Gasteiger partial charge is 0.497 e. The number of hydrogen-bond donors (Lipinski definition) is 0. The summed E-state index contributed by atoms with van der Waals surface area (Å²) in [6.07, 6.45) is 0. The Morgan fingerprint density at radius 3 is 2.58 bits per heavy atom. The molecule has 5 heteroatoms. The Balaban J connectivity index is 3.20. The van der Waals surface area contributed by atoms with E-state index in [9.17, 15) is 8.42 Å². The van der Waals surface area contributed by atoms with E-state index >= 15 is 0 Å². The summed E-state index contributed by atoms with van der Waals surface area (Å²) in [4.78, 5) is -0.0538. The van der Waals surface area contributed by atoms with Crippen molar-refractivity contribution in [3.63, 3.8) is 0 Å². The topological polar surface area (TPSA) is 67.2 Å². The molecular weight excluding hydrogens is 178 g/mol. The highest BCUT2D eigenvalue weighted by Gasteiger charge is 2.08. The lowest BCUT2D eigenvalue weighted by molar-refractivity contribution is 0.413. The van der Waals surface area contributed by atoms with Gasteiger partial charge < -0.3 is 4.74 Å². The number of rotatable bonds is 2. The molecule has 0 bridgehead atoms. The first-order valence-corrected chi connectivity index (χ1v) is 4.66. The van der Waals surface area contributed by atoms with Crippen LogP contribution >= 0.6 is 0 Å². The third-order valence-electron chi connectivity index (χ3n) is 1.35. The van der Waals surface area contributed by atoms with E-state index in [-0.39, 0.29) is 4.90 Å². The van der Waals surface area contributed by atoms with Gasteiger partial charge in [0.15, 0.2) is 0 Å². The van der Waals surface area contributed by atoms with Crippen molar-refractivity contribution >= 4 is 10.0 Å². The van der Waals surface area contributed by atoms with Gasteiger partial charge in [-0.2, -0.15) is 0 Å². The maximum Gasteiger partial charge on any atom is 0.254 e. The van der Waals surface area contributed by atoms with Crippen LogP contribution in [0.2, 0.25) is 0 Å². The van der Waals surface area contributed by atoms with Crippen LogP contribution in [0.4, 0.5) is 0 Å². The lowest BCUT2D eigenvalue weighted by atomic mass is 10.3. The van der Waals surface area contributed by atoms with Gasteiger partial charge in [-0.1, -0.05) is 6.07 Å². The van der Waals surface area contributed by atoms with Crippen molar-refractivity contribution in [3.05, 3.63) is 24.3 Å². The first kappa shape index (κ1) is 9.02. The smallest absolute Gasteiger partial charge is 0.254 e. The number of benzene rings is 1. The van der Waals surface area contributed by atoms with Crippen molar-refractivity contribution in [1.29, 1.82) is 0 Å². The summed E-state index contributed by atoms with van der Waals surface area (Å²) < 4.78 is 26.2. The quantitative estimate of drug-likeness (QED) is 0.681. The van der Waals surface area contributed by atoms with Gasteiger partial charge >= 0.3 is 0 Å². The molecule has 0 fully saturated rings. The van der Waals surface area contributed by atoms with Crippen LogP contribution in [0.15, 0.2) is 29.2 Å². The van der Waals surface area contributed by atoms with Crippen LogP contribution < -0.4 is 9.88 Å². The number of hydrogen-bond acceptors (Lipinski definition) is 3. The van der Waals surface area contributed by atoms with Gasteiger partial charge in [-0.25, -0.2) is 8.42 Å². The second-order valence-electron chi connectivity index (χ2n) is 2.18. The molecule has 1 aromatic rings. The van der Waals surface area contributed by atoms with Gasteiger partial charge in [0.2, 0.25) is 0 Å². The van der Waals surface area contributed by atoms with Gasteiger partial charge in [0.1, 0.15) is 5.75 Å². The van der Waals surface area contributed by atoms with Crippen LogP contribution in [-0.4, -0.2) is 15.5 Å². The summed E-state index contributed by atoms with van der Waals surface area (Å²) in [5, 5.41) is 6.76. The van der Waals surface area contributed by atoms with Crippen molar-refractivity contribution in [1.82, 2.24) is 5.14 Å². The third-order valence-corrected chi connectivity index (χ3v) is 2.23. The molecule has 1 N–H and O–H groups in total. The molecule has 1 rings (SSSR count). The molecule has 0 amide bonds. The summed E-state index contributed by atoms with van der Waals surface area (Å²) in [5.74, 6) is 0.434. The molecule has 1 radical (unpaired) electrons. The molecule has 0 aliphatic heterocycles. The Bertz CT molecular complexity index is 372. The number of ether oxygens (including phenoxy) is 1. The Labute approximate surface area is 71.0 Å². The SMILES string of the molecule is COc1cccc(S([NH])(=O)=O)c1. The standard InChI is InChI=1S/C7H8NO3S/c1-11-6-3-2-4-7(5-6)12(8,9)10/h2-5,8H,1H3. The molecule has 0 unspecified atom stereocenters. The highest BCUT2D eigenvalue weighted by molar-refractivity contribution is 7.88. The zero-order valence-corrected chi connectivity index (χ0v) is 7.26. The van der Waals surface area contributed by atoms with Crippen molar-refractivity contribution in [2.45, 2.75) is 4.90 Å². The van der Waals surface area contributed by atoms with Crippen LogP contribution in [-0.2, 0) is 10.0 Å². The fourth-order valence-corrected chi connectivity index (χ4v) is 1.30. The molecule has 4 nitrogen and oxygen atoms in total. The number of methoxy groups -OCH3 is 1. The average molecular weight is 186 g/mol. The van der Waals surface area contributed by atoms with Crippen molar-refractivity contribution in [3.8, 4) is 5.75 Å². The summed E-state index contributed by atoms with van der Waals surface area (Å²) in [7, 11) is -2.43. The fraction of sp³-hybridized carbons (Fsp3) is 0.143. The molecule has 1 aromatic carbocycles.